The quantitative estimate of drug-likeness (QED) is 0.207. The Balaban J connectivity index is 1.32. The van der Waals surface area contributed by atoms with Crippen molar-refractivity contribution in [2.75, 3.05) is 19.6 Å². The molecule has 3 aromatic rings. The molecule has 1 aliphatic rings. The van der Waals surface area contributed by atoms with Crippen LogP contribution in [0.5, 0.6) is 5.75 Å². The molecule has 31 heavy (non-hydrogen) atoms. The van der Waals surface area contributed by atoms with Crippen LogP contribution in [0.3, 0.4) is 0 Å². The molecule has 6 heteroatoms. The van der Waals surface area contributed by atoms with Crippen molar-refractivity contribution in [2.24, 2.45) is 0 Å². The van der Waals surface area contributed by atoms with Gasteiger partial charge in [0.25, 0.3) is 0 Å². The Morgan fingerprint density at radius 1 is 1.13 bits per heavy atom. The number of likely N-dealkylation sites (tertiary alicyclic amines) is 1. The third kappa shape index (κ3) is 5.29. The third-order valence-electron chi connectivity index (χ3n) is 6.03. The number of ketones is 1. The predicted molar refractivity (Wildman–Crippen MR) is 131 cm³/mol. The lowest BCUT2D eigenvalue weighted by atomic mass is 10.1. The van der Waals surface area contributed by atoms with Gasteiger partial charge in [-0.1, -0.05) is 40.8 Å². The topological polar surface area (TPSA) is 34.5 Å². The zero-order chi connectivity index (χ0) is 21.8. The average molecular weight is 534 g/mol. The average Bonchev–Trinajstić information content (AvgIpc) is 3.16. The Bertz CT molecular complexity index is 1040. The van der Waals surface area contributed by atoms with E-state index in [4.69, 9.17) is 4.74 Å². The first-order valence-corrected chi connectivity index (χ1v) is 12.4. The molecule has 164 valence electrons. The second kappa shape index (κ2) is 10.1. The van der Waals surface area contributed by atoms with Gasteiger partial charge in [0.05, 0.1) is 5.52 Å². The summed E-state index contributed by atoms with van der Waals surface area (Å²) >= 11 is 2.39. The number of para-hydroxylation sites is 1. The van der Waals surface area contributed by atoms with Crippen molar-refractivity contribution >= 4 is 39.3 Å². The molecule has 4 rings (SSSR count). The van der Waals surface area contributed by atoms with Gasteiger partial charge in [-0.25, -0.2) is 4.39 Å². The fourth-order valence-electron chi connectivity index (χ4n) is 4.42. The lowest BCUT2D eigenvalue weighted by molar-refractivity contribution is 0.0992. The number of hydrogen-bond acceptors (Lipinski definition) is 3. The second-order valence-electron chi connectivity index (χ2n) is 8.21. The van der Waals surface area contributed by atoms with E-state index >= 15 is 0 Å². The molecule has 0 unspecified atom stereocenters. The van der Waals surface area contributed by atoms with Crippen LogP contribution in [0.1, 0.15) is 42.1 Å². The lowest BCUT2D eigenvalue weighted by Gasteiger charge is -2.32. The normalized spacial score (nSPS) is 15.5. The molecule has 4 nitrogen and oxygen atoms in total. The van der Waals surface area contributed by atoms with Crippen molar-refractivity contribution in [2.45, 2.75) is 43.3 Å². The summed E-state index contributed by atoms with van der Waals surface area (Å²) in [5.41, 5.74) is 3.30. The first kappa shape index (κ1) is 22.3. The van der Waals surface area contributed by atoms with Gasteiger partial charge in [0.2, 0.25) is 0 Å². The van der Waals surface area contributed by atoms with E-state index in [2.05, 4.69) is 44.2 Å². The Morgan fingerprint density at radius 2 is 1.87 bits per heavy atom. The van der Waals surface area contributed by atoms with Crippen molar-refractivity contribution in [3.63, 3.8) is 0 Å². The van der Waals surface area contributed by atoms with E-state index in [0.29, 0.717) is 0 Å². The van der Waals surface area contributed by atoms with Crippen LogP contribution in [0.2, 0.25) is 0 Å². The predicted octanol–water partition coefficient (Wildman–Crippen LogP) is 5.85. The van der Waals surface area contributed by atoms with Crippen molar-refractivity contribution in [1.82, 2.24) is 9.47 Å². The zero-order valence-corrected chi connectivity index (χ0v) is 20.0. The molecule has 0 spiro atoms. The number of fused-ring (bicyclic) bond motifs is 1. The Labute approximate surface area is 196 Å². The summed E-state index contributed by atoms with van der Waals surface area (Å²) in [6.07, 6.45) is 5.24. The molecule has 0 aliphatic carbocycles. The number of aryl methyl sites for hydroxylation is 1. The number of nitrogens with zero attached hydrogens (tertiary/aromatic N) is 2. The summed E-state index contributed by atoms with van der Waals surface area (Å²) in [6.45, 7) is 5.61. The summed E-state index contributed by atoms with van der Waals surface area (Å²) in [5.74, 6) is 0.628. The molecule has 0 atom stereocenters. The SMILES string of the molecule is CC(=O)c1cn(CCCN2CCC(Oc3ccc(F)cc3)CC2)c2c(CI)cccc12. The van der Waals surface area contributed by atoms with Gasteiger partial charge in [0.1, 0.15) is 17.7 Å². The van der Waals surface area contributed by atoms with E-state index in [9.17, 15) is 9.18 Å². The first-order chi connectivity index (χ1) is 15.0. The molecule has 0 bridgehead atoms. The van der Waals surface area contributed by atoms with Crippen molar-refractivity contribution in [3.8, 4) is 5.75 Å². The van der Waals surface area contributed by atoms with E-state index in [-0.39, 0.29) is 17.7 Å². The maximum atomic E-state index is 13.0. The van der Waals surface area contributed by atoms with Crippen LogP contribution in [0.15, 0.2) is 48.7 Å². The monoisotopic (exact) mass is 534 g/mol. The maximum Gasteiger partial charge on any atom is 0.161 e. The van der Waals surface area contributed by atoms with Crippen LogP contribution in [-0.2, 0) is 11.0 Å². The molecule has 1 aliphatic heterocycles. The van der Waals surface area contributed by atoms with Crippen LogP contribution >= 0.6 is 22.6 Å². The summed E-state index contributed by atoms with van der Waals surface area (Å²) in [4.78, 5) is 14.6. The van der Waals surface area contributed by atoms with Gasteiger partial charge in [-0.3, -0.25) is 4.79 Å². The number of hydrogen-bond donors (Lipinski definition) is 0. The number of halogens is 2. The molecule has 1 aromatic heterocycles. The van der Waals surface area contributed by atoms with Gasteiger partial charge in [0, 0.05) is 41.2 Å². The fraction of sp³-hybridized carbons (Fsp3) is 0.400. The number of benzene rings is 2. The number of Topliss-reactive ketones (excluding diaryl/α,β-unsaturated/α-hetero) is 1. The van der Waals surface area contributed by atoms with Crippen molar-refractivity contribution in [3.05, 3.63) is 65.6 Å². The zero-order valence-electron chi connectivity index (χ0n) is 17.8. The summed E-state index contributed by atoms with van der Waals surface area (Å²) < 4.78 is 22.2. The van der Waals surface area contributed by atoms with E-state index < -0.39 is 0 Å². The number of piperidine rings is 1. The van der Waals surface area contributed by atoms with Crippen LogP contribution in [0.25, 0.3) is 10.9 Å². The van der Waals surface area contributed by atoms with Crippen molar-refractivity contribution in [1.29, 1.82) is 0 Å². The van der Waals surface area contributed by atoms with Gasteiger partial charge in [-0.2, -0.15) is 0 Å². The highest BCUT2D eigenvalue weighted by Gasteiger charge is 2.21. The highest BCUT2D eigenvalue weighted by molar-refractivity contribution is 14.1. The highest BCUT2D eigenvalue weighted by Crippen LogP contribution is 2.27. The number of carbonyl (C=O) groups is 1. The smallest absolute Gasteiger partial charge is 0.161 e. The summed E-state index contributed by atoms with van der Waals surface area (Å²) in [6, 6.07) is 12.5. The maximum absolute atomic E-state index is 13.0. The second-order valence-corrected chi connectivity index (χ2v) is 8.97. The summed E-state index contributed by atoms with van der Waals surface area (Å²) in [5, 5.41) is 1.07. The number of aromatic nitrogens is 1. The minimum Gasteiger partial charge on any atom is -0.490 e. The molecule has 0 radical (unpaired) electrons. The molecule has 0 saturated carbocycles. The van der Waals surface area contributed by atoms with E-state index in [0.717, 1.165) is 66.6 Å². The van der Waals surface area contributed by atoms with Crippen LogP contribution < -0.4 is 4.74 Å². The van der Waals surface area contributed by atoms with E-state index in [1.54, 1.807) is 19.1 Å². The highest BCUT2D eigenvalue weighted by atomic mass is 127. The molecule has 1 saturated heterocycles. The van der Waals surface area contributed by atoms with Gasteiger partial charge in [-0.05, 0) is 62.6 Å². The number of rotatable bonds is 8. The molecule has 0 N–H and O–H groups in total. The Morgan fingerprint density at radius 3 is 2.55 bits per heavy atom. The number of ether oxygens (including phenoxy) is 1. The summed E-state index contributed by atoms with van der Waals surface area (Å²) in [7, 11) is 0. The molecular weight excluding hydrogens is 506 g/mol. The first-order valence-electron chi connectivity index (χ1n) is 10.9. The van der Waals surface area contributed by atoms with Gasteiger partial charge in [0.15, 0.2) is 5.78 Å². The van der Waals surface area contributed by atoms with Crippen LogP contribution in [0, 0.1) is 5.82 Å². The van der Waals surface area contributed by atoms with Gasteiger partial charge >= 0.3 is 0 Å². The largest absolute Gasteiger partial charge is 0.490 e. The Hall–Kier alpha value is -1.93. The van der Waals surface area contributed by atoms with Crippen LogP contribution in [0.4, 0.5) is 4.39 Å². The Kier molecular flexibility index (Phi) is 7.27. The minimum atomic E-state index is -0.237. The number of alkyl halides is 1. The fourth-order valence-corrected chi connectivity index (χ4v) is 5.04. The third-order valence-corrected chi connectivity index (χ3v) is 6.85. The van der Waals surface area contributed by atoms with Gasteiger partial charge in [-0.15, -0.1) is 0 Å². The lowest BCUT2D eigenvalue weighted by Crippen LogP contribution is -2.38. The standard InChI is InChI=1S/C25H28FIN2O2/c1-18(30)24-17-29(25-19(16-27)4-2-5-23(24)25)13-3-12-28-14-10-22(11-15-28)31-21-8-6-20(26)7-9-21/h2,4-9,17,22H,3,10-16H2,1H3. The molecular formula is C25H28FIN2O2. The van der Waals surface area contributed by atoms with E-state index in [1.165, 1.54) is 23.2 Å². The van der Waals surface area contributed by atoms with Gasteiger partial charge < -0.3 is 14.2 Å². The van der Waals surface area contributed by atoms with E-state index in [1.807, 2.05) is 12.3 Å². The minimum absolute atomic E-state index is 0.123. The molecule has 1 fully saturated rings. The molecule has 2 heterocycles. The molecule has 2 aromatic carbocycles. The van der Waals surface area contributed by atoms with Crippen molar-refractivity contribution < 1.29 is 13.9 Å². The number of carbonyl (C=O) groups excluding carboxylic acids is 1. The van der Waals surface area contributed by atoms with Crippen LogP contribution in [-0.4, -0.2) is 41.0 Å². The molecule has 0 amide bonds.